The number of hydrogen-bond donors (Lipinski definition) is 0. The first-order chi connectivity index (χ1) is 15.5. The molecule has 1 unspecified atom stereocenters. The van der Waals surface area contributed by atoms with E-state index in [1.54, 1.807) is 48.5 Å². The molecule has 0 bridgehead atoms. The van der Waals surface area contributed by atoms with Gasteiger partial charge in [-0.15, -0.1) is 0 Å². The molecule has 4 aromatic carbocycles. The third-order valence-corrected chi connectivity index (χ3v) is 6.48. The van der Waals surface area contributed by atoms with Gasteiger partial charge in [0.25, 0.3) is 0 Å². The van der Waals surface area contributed by atoms with E-state index < -0.39 is 29.1 Å². The van der Waals surface area contributed by atoms with Gasteiger partial charge in [-0.2, -0.15) is 22.0 Å². The van der Waals surface area contributed by atoms with Crippen molar-refractivity contribution in [3.05, 3.63) is 71.2 Å². The molecule has 0 fully saturated rings. The highest BCUT2D eigenvalue weighted by atomic mass is 79.9. The van der Waals surface area contributed by atoms with Gasteiger partial charge >= 0.3 is 12.3 Å². The number of hydrogen-bond acceptors (Lipinski definition) is 3. The molecule has 3 nitrogen and oxygen atoms in total. The summed E-state index contributed by atoms with van der Waals surface area (Å²) < 4.78 is 89.6. The van der Waals surface area contributed by atoms with Gasteiger partial charge in [-0.25, -0.2) is 4.21 Å². The van der Waals surface area contributed by atoms with Crippen molar-refractivity contribution in [3.63, 3.8) is 0 Å². The minimum atomic E-state index is -5.93. The van der Waals surface area contributed by atoms with Crippen LogP contribution in [0.1, 0.15) is 0 Å². The topological polar surface area (TPSA) is 35.5 Å². The highest BCUT2D eigenvalue weighted by Crippen LogP contribution is 2.47. The smallest absolute Gasteiger partial charge is 0.425 e. The van der Waals surface area contributed by atoms with Gasteiger partial charge in [0, 0.05) is 15.6 Å². The number of rotatable bonds is 5. The average Bonchev–Trinajstić information content (AvgIpc) is 2.77. The number of ether oxygens (including phenoxy) is 1. The minimum Gasteiger partial charge on any atom is -0.425 e. The van der Waals surface area contributed by atoms with Crippen LogP contribution in [0.15, 0.2) is 76.1 Å². The highest BCUT2D eigenvalue weighted by Gasteiger charge is 2.61. The maximum Gasteiger partial charge on any atom is 0.499 e. The Bertz CT molecular complexity index is 1390. The number of fused-ring (bicyclic) bond motifs is 2. The molecule has 0 aromatic heterocycles. The van der Waals surface area contributed by atoms with Crippen LogP contribution in [-0.2, 0) is 15.3 Å². The van der Waals surface area contributed by atoms with E-state index in [4.69, 9.17) is 4.18 Å². The molecule has 0 aliphatic rings. The van der Waals surface area contributed by atoms with E-state index in [0.29, 0.717) is 26.0 Å². The van der Waals surface area contributed by atoms with Crippen molar-refractivity contribution in [2.24, 2.45) is 0 Å². The summed E-state index contributed by atoms with van der Waals surface area (Å²) in [7, 11) is 1.20. The Morgan fingerprint density at radius 3 is 2.18 bits per heavy atom. The van der Waals surface area contributed by atoms with Crippen molar-refractivity contribution >= 4 is 48.6 Å². The number of halogens is 6. The Hall–Kier alpha value is -2.56. The van der Waals surface area contributed by atoms with Crippen molar-refractivity contribution in [1.29, 1.82) is 0 Å². The fourth-order valence-electron chi connectivity index (χ4n) is 3.56. The Balaban J connectivity index is 2.15. The lowest BCUT2D eigenvalue weighted by molar-refractivity contribution is -0.360. The quantitative estimate of drug-likeness (QED) is 0.242. The summed E-state index contributed by atoms with van der Waals surface area (Å²) in [6, 6.07) is 17.3. The maximum atomic E-state index is 14.0. The van der Waals surface area contributed by atoms with Crippen LogP contribution in [0.5, 0.6) is 5.75 Å². The van der Waals surface area contributed by atoms with Gasteiger partial charge in [-0.3, -0.25) is 4.18 Å². The second-order valence-corrected chi connectivity index (χ2v) is 9.14. The van der Waals surface area contributed by atoms with Gasteiger partial charge in [0.05, 0.1) is 12.0 Å². The minimum absolute atomic E-state index is 0.0545. The van der Waals surface area contributed by atoms with Gasteiger partial charge in [0.2, 0.25) is 0 Å². The van der Waals surface area contributed by atoms with Gasteiger partial charge < -0.3 is 4.74 Å². The molecule has 172 valence electrons. The molecule has 0 N–H and O–H groups in total. The van der Waals surface area contributed by atoms with E-state index in [9.17, 15) is 26.2 Å². The first-order valence-corrected chi connectivity index (χ1v) is 11.2. The molecule has 1 atom stereocenters. The van der Waals surface area contributed by atoms with E-state index in [-0.39, 0.29) is 16.0 Å². The van der Waals surface area contributed by atoms with Crippen molar-refractivity contribution in [2.75, 3.05) is 7.11 Å². The van der Waals surface area contributed by atoms with E-state index in [1.165, 1.54) is 19.2 Å². The lowest BCUT2D eigenvalue weighted by atomic mass is 9.93. The second-order valence-electron chi connectivity index (χ2n) is 6.98. The zero-order valence-electron chi connectivity index (χ0n) is 16.8. The SMILES string of the molecule is COS(=O)c1ccc2ccccc2c1-c1c(OC(F)(F)C(F)(F)F)ccc2cc(Br)ccc12. The summed E-state index contributed by atoms with van der Waals surface area (Å²) in [5.41, 5.74) is 0.121. The summed E-state index contributed by atoms with van der Waals surface area (Å²) in [6.07, 6.45) is -11.4. The zero-order valence-corrected chi connectivity index (χ0v) is 19.2. The molecule has 0 saturated heterocycles. The third kappa shape index (κ3) is 4.34. The van der Waals surface area contributed by atoms with Crippen LogP contribution in [0.4, 0.5) is 22.0 Å². The molecule has 0 saturated carbocycles. The summed E-state index contributed by atoms with van der Waals surface area (Å²) in [5.74, 6) is -0.710. The van der Waals surface area contributed by atoms with Crippen LogP contribution >= 0.6 is 15.9 Å². The second kappa shape index (κ2) is 8.66. The molecule has 33 heavy (non-hydrogen) atoms. The summed E-state index contributed by atoms with van der Waals surface area (Å²) >= 11 is 1.30. The largest absolute Gasteiger partial charge is 0.499 e. The molecular weight excluding hydrogens is 531 g/mol. The molecule has 4 rings (SSSR count). The Labute approximate surface area is 195 Å². The van der Waals surface area contributed by atoms with Crippen LogP contribution in [0.3, 0.4) is 0 Å². The molecule has 10 heteroatoms. The zero-order chi connectivity index (χ0) is 24.0. The van der Waals surface area contributed by atoms with E-state index in [1.807, 2.05) is 0 Å². The summed E-state index contributed by atoms with van der Waals surface area (Å²) in [4.78, 5) is 0.104. The monoisotopic (exact) mass is 544 g/mol. The standard InChI is InChI=1S/C23H14BrF5O3S/c1-31-33(30)19-11-7-13-4-2-3-5-16(13)21(19)20-17-9-8-15(24)12-14(17)6-10-18(20)32-23(28,29)22(25,26)27/h2-12H,1H3. The Kier molecular flexibility index (Phi) is 6.19. The van der Waals surface area contributed by atoms with Crippen molar-refractivity contribution in [3.8, 4) is 16.9 Å². The highest BCUT2D eigenvalue weighted by molar-refractivity contribution is 9.10. The lowest BCUT2D eigenvalue weighted by Crippen LogP contribution is -2.42. The van der Waals surface area contributed by atoms with Crippen LogP contribution in [0.25, 0.3) is 32.7 Å². The van der Waals surface area contributed by atoms with Crippen LogP contribution in [0, 0.1) is 0 Å². The molecule has 4 aromatic rings. The molecule has 0 aliphatic heterocycles. The van der Waals surface area contributed by atoms with Crippen LogP contribution in [0.2, 0.25) is 0 Å². The lowest BCUT2D eigenvalue weighted by Gasteiger charge is -2.24. The van der Waals surface area contributed by atoms with Crippen LogP contribution < -0.4 is 4.74 Å². The summed E-state index contributed by atoms with van der Waals surface area (Å²) in [6.45, 7) is 0. The first-order valence-electron chi connectivity index (χ1n) is 9.37. The van der Waals surface area contributed by atoms with Gasteiger partial charge in [0.1, 0.15) is 5.75 Å². The van der Waals surface area contributed by atoms with E-state index in [2.05, 4.69) is 20.7 Å². The van der Waals surface area contributed by atoms with Crippen molar-refractivity contribution < 1.29 is 35.1 Å². The molecule has 0 radical (unpaired) electrons. The van der Waals surface area contributed by atoms with Crippen LogP contribution in [-0.4, -0.2) is 23.6 Å². The molecule has 0 aliphatic carbocycles. The average molecular weight is 545 g/mol. The molecular formula is C23H14BrF5O3S. The van der Waals surface area contributed by atoms with E-state index in [0.717, 1.165) is 6.07 Å². The van der Waals surface area contributed by atoms with Gasteiger partial charge in [-0.1, -0.05) is 58.4 Å². The maximum absolute atomic E-state index is 14.0. The van der Waals surface area contributed by atoms with Crippen molar-refractivity contribution in [2.45, 2.75) is 17.2 Å². The fraction of sp³-hybridized carbons (Fsp3) is 0.130. The molecule has 0 amide bonds. The van der Waals surface area contributed by atoms with E-state index >= 15 is 0 Å². The molecule has 0 heterocycles. The fourth-order valence-corrected chi connectivity index (χ4v) is 4.67. The normalized spacial score (nSPS) is 13.4. The predicted molar refractivity (Wildman–Crippen MR) is 120 cm³/mol. The van der Waals surface area contributed by atoms with Crippen molar-refractivity contribution in [1.82, 2.24) is 0 Å². The number of alkyl halides is 5. The summed E-state index contributed by atoms with van der Waals surface area (Å²) in [5, 5.41) is 2.02. The Morgan fingerprint density at radius 1 is 0.818 bits per heavy atom. The Morgan fingerprint density at radius 2 is 1.48 bits per heavy atom. The van der Waals surface area contributed by atoms with Gasteiger partial charge in [0.15, 0.2) is 11.1 Å². The molecule has 0 spiro atoms. The van der Waals surface area contributed by atoms with Gasteiger partial charge in [-0.05, 0) is 45.8 Å². The predicted octanol–water partition coefficient (Wildman–Crippen LogP) is 7.63. The first kappa shape index (κ1) is 23.6. The third-order valence-electron chi connectivity index (χ3n) is 4.98. The number of benzene rings is 4.